The molecule has 0 aliphatic heterocycles. The van der Waals surface area contributed by atoms with Crippen LogP contribution in [0.5, 0.6) is 17.2 Å². The molecule has 0 aliphatic rings. The molecular formula is C20H27N3O3. The van der Waals surface area contributed by atoms with E-state index in [2.05, 4.69) is 29.4 Å². The first-order chi connectivity index (χ1) is 12.6. The monoisotopic (exact) mass is 357 g/mol. The molecule has 0 saturated carbocycles. The van der Waals surface area contributed by atoms with Crippen LogP contribution in [-0.4, -0.2) is 33.8 Å². The molecule has 0 radical (unpaired) electrons. The molecule has 26 heavy (non-hydrogen) atoms. The summed E-state index contributed by atoms with van der Waals surface area (Å²) in [6.07, 6.45) is 0.903. The van der Waals surface area contributed by atoms with E-state index in [1.165, 1.54) is 5.56 Å². The minimum absolute atomic E-state index is 0.374. The van der Waals surface area contributed by atoms with Crippen LogP contribution in [0.4, 0.5) is 5.69 Å². The van der Waals surface area contributed by atoms with Gasteiger partial charge in [0.15, 0.2) is 17.5 Å². The van der Waals surface area contributed by atoms with Crippen LogP contribution in [0, 0.1) is 0 Å². The van der Waals surface area contributed by atoms with Crippen molar-refractivity contribution in [2.75, 3.05) is 33.2 Å². The first-order valence-corrected chi connectivity index (χ1v) is 8.50. The van der Waals surface area contributed by atoms with E-state index < -0.39 is 0 Å². The van der Waals surface area contributed by atoms with Gasteiger partial charge in [0, 0.05) is 18.3 Å². The van der Waals surface area contributed by atoms with Crippen molar-refractivity contribution < 1.29 is 14.2 Å². The molecule has 0 bridgehead atoms. The molecule has 0 fully saturated rings. The Morgan fingerprint density at radius 2 is 1.69 bits per heavy atom. The number of rotatable bonds is 8. The maximum atomic E-state index is 5.98. The summed E-state index contributed by atoms with van der Waals surface area (Å²) in [5.41, 5.74) is 8.04. The normalized spacial score (nSPS) is 12.4. The molecule has 0 saturated heterocycles. The van der Waals surface area contributed by atoms with E-state index in [0.717, 1.165) is 17.9 Å². The van der Waals surface area contributed by atoms with E-state index in [0.29, 0.717) is 29.9 Å². The summed E-state index contributed by atoms with van der Waals surface area (Å²) in [4.78, 5) is 4.40. The highest BCUT2D eigenvalue weighted by atomic mass is 16.5. The van der Waals surface area contributed by atoms with Gasteiger partial charge in [0.25, 0.3) is 0 Å². The molecule has 0 spiro atoms. The second kappa shape index (κ2) is 9.56. The lowest BCUT2D eigenvalue weighted by atomic mass is 9.98. The minimum atomic E-state index is 0.374. The molecule has 1 atom stereocenters. The summed E-state index contributed by atoms with van der Waals surface area (Å²) in [5, 5.41) is 3.07. The maximum absolute atomic E-state index is 5.98. The quantitative estimate of drug-likeness (QED) is 0.557. The summed E-state index contributed by atoms with van der Waals surface area (Å²) in [6.45, 7) is 2.81. The molecule has 6 heteroatoms. The number of nitrogens with zero attached hydrogens (tertiary/aromatic N) is 1. The highest BCUT2D eigenvalue weighted by molar-refractivity contribution is 5.92. The number of ether oxygens (including phenoxy) is 3. The van der Waals surface area contributed by atoms with Crippen molar-refractivity contribution in [2.24, 2.45) is 10.7 Å². The second-order valence-electron chi connectivity index (χ2n) is 5.92. The van der Waals surface area contributed by atoms with E-state index in [9.17, 15) is 0 Å². The third kappa shape index (κ3) is 5.31. The number of nitrogens with two attached hydrogens (primary N) is 1. The van der Waals surface area contributed by atoms with E-state index in [4.69, 9.17) is 19.9 Å². The van der Waals surface area contributed by atoms with Gasteiger partial charge in [-0.2, -0.15) is 0 Å². The van der Waals surface area contributed by atoms with Crippen LogP contribution >= 0.6 is 0 Å². The Hall–Kier alpha value is -2.89. The Kier molecular flexibility index (Phi) is 7.14. The van der Waals surface area contributed by atoms with Crippen LogP contribution < -0.4 is 25.3 Å². The molecule has 1 unspecified atom stereocenters. The summed E-state index contributed by atoms with van der Waals surface area (Å²) in [6, 6.07) is 13.6. The Morgan fingerprint density at radius 1 is 1.00 bits per heavy atom. The molecule has 0 amide bonds. The minimum Gasteiger partial charge on any atom is -0.497 e. The lowest BCUT2D eigenvalue weighted by Crippen LogP contribution is -2.23. The molecule has 140 valence electrons. The lowest BCUT2D eigenvalue weighted by Gasteiger charge is -2.12. The van der Waals surface area contributed by atoms with Gasteiger partial charge in [-0.3, -0.25) is 4.99 Å². The fraction of sp³-hybridized carbons (Fsp3) is 0.350. The maximum Gasteiger partial charge on any atom is 0.193 e. The average molecular weight is 357 g/mol. The van der Waals surface area contributed by atoms with Crippen molar-refractivity contribution >= 4 is 11.6 Å². The summed E-state index contributed by atoms with van der Waals surface area (Å²) >= 11 is 0. The van der Waals surface area contributed by atoms with Crippen molar-refractivity contribution in [2.45, 2.75) is 19.3 Å². The average Bonchev–Trinajstić information content (AvgIpc) is 2.67. The first-order valence-electron chi connectivity index (χ1n) is 8.50. The molecule has 2 aromatic carbocycles. The van der Waals surface area contributed by atoms with E-state index in [-0.39, 0.29) is 0 Å². The number of aliphatic imine (C=N–C) groups is 1. The standard InChI is InChI=1S/C20H27N3O3/c1-14(15-5-8-17(24-2)9-6-15)11-12-22-20(21)23-16-7-10-18(25-3)19(13-16)26-4/h5-10,13-14H,11-12H2,1-4H3,(H3,21,22,23). The van der Waals surface area contributed by atoms with Crippen LogP contribution in [0.15, 0.2) is 47.5 Å². The van der Waals surface area contributed by atoms with Crippen LogP contribution in [-0.2, 0) is 0 Å². The Morgan fingerprint density at radius 3 is 2.31 bits per heavy atom. The third-order valence-electron chi connectivity index (χ3n) is 4.19. The van der Waals surface area contributed by atoms with Gasteiger partial charge in [-0.1, -0.05) is 19.1 Å². The lowest BCUT2D eigenvalue weighted by molar-refractivity contribution is 0.355. The fourth-order valence-electron chi connectivity index (χ4n) is 2.58. The number of guanidine groups is 1. The van der Waals surface area contributed by atoms with Crippen molar-refractivity contribution in [3.63, 3.8) is 0 Å². The summed E-state index contributed by atoms with van der Waals surface area (Å²) in [5.74, 6) is 2.93. The largest absolute Gasteiger partial charge is 0.497 e. The molecule has 2 rings (SSSR count). The van der Waals surface area contributed by atoms with Crippen LogP contribution in [0.2, 0.25) is 0 Å². The van der Waals surface area contributed by atoms with Crippen LogP contribution in [0.3, 0.4) is 0 Å². The number of nitrogens with one attached hydrogen (secondary N) is 1. The number of hydrogen-bond donors (Lipinski definition) is 2. The fourth-order valence-corrected chi connectivity index (χ4v) is 2.58. The first kappa shape index (κ1) is 19.4. The molecule has 6 nitrogen and oxygen atoms in total. The van der Waals surface area contributed by atoms with Crippen molar-refractivity contribution in [1.29, 1.82) is 0 Å². The molecule has 0 aliphatic carbocycles. The van der Waals surface area contributed by atoms with Gasteiger partial charge in [-0.25, -0.2) is 0 Å². The van der Waals surface area contributed by atoms with E-state index >= 15 is 0 Å². The summed E-state index contributed by atoms with van der Waals surface area (Å²) in [7, 11) is 4.87. The second-order valence-corrected chi connectivity index (χ2v) is 5.92. The topological polar surface area (TPSA) is 78.1 Å². The highest BCUT2D eigenvalue weighted by Crippen LogP contribution is 2.29. The zero-order valence-corrected chi connectivity index (χ0v) is 15.8. The third-order valence-corrected chi connectivity index (χ3v) is 4.19. The van der Waals surface area contributed by atoms with E-state index in [1.807, 2.05) is 30.3 Å². The van der Waals surface area contributed by atoms with Gasteiger partial charge in [-0.05, 0) is 42.2 Å². The summed E-state index contributed by atoms with van der Waals surface area (Å²) < 4.78 is 15.7. The Balaban J connectivity index is 1.89. The number of hydrogen-bond acceptors (Lipinski definition) is 4. The molecular weight excluding hydrogens is 330 g/mol. The van der Waals surface area contributed by atoms with Gasteiger partial charge < -0.3 is 25.3 Å². The van der Waals surface area contributed by atoms with Gasteiger partial charge in [0.1, 0.15) is 5.75 Å². The molecule has 0 aromatic heterocycles. The van der Waals surface area contributed by atoms with Crippen molar-refractivity contribution in [3.05, 3.63) is 48.0 Å². The van der Waals surface area contributed by atoms with Crippen LogP contribution in [0.25, 0.3) is 0 Å². The molecule has 2 aromatic rings. The van der Waals surface area contributed by atoms with Gasteiger partial charge in [-0.15, -0.1) is 0 Å². The number of methoxy groups -OCH3 is 3. The van der Waals surface area contributed by atoms with Crippen LogP contribution in [0.1, 0.15) is 24.8 Å². The Labute approximate surface area is 155 Å². The number of anilines is 1. The SMILES string of the molecule is COc1ccc(C(C)CCN=C(N)Nc2ccc(OC)c(OC)c2)cc1. The van der Waals surface area contributed by atoms with Crippen molar-refractivity contribution in [3.8, 4) is 17.2 Å². The predicted molar refractivity (Wildman–Crippen MR) is 106 cm³/mol. The Bertz CT molecular complexity index is 730. The zero-order valence-electron chi connectivity index (χ0n) is 15.8. The van der Waals surface area contributed by atoms with Gasteiger partial charge >= 0.3 is 0 Å². The van der Waals surface area contributed by atoms with Crippen molar-refractivity contribution in [1.82, 2.24) is 0 Å². The zero-order chi connectivity index (χ0) is 18.9. The molecule has 3 N–H and O–H groups in total. The highest BCUT2D eigenvalue weighted by Gasteiger charge is 2.07. The smallest absolute Gasteiger partial charge is 0.193 e. The van der Waals surface area contributed by atoms with Gasteiger partial charge in [0.2, 0.25) is 0 Å². The predicted octanol–water partition coefficient (Wildman–Crippen LogP) is 3.63. The van der Waals surface area contributed by atoms with E-state index in [1.54, 1.807) is 21.3 Å². The number of benzene rings is 2. The molecule has 0 heterocycles. The van der Waals surface area contributed by atoms with Gasteiger partial charge in [0.05, 0.1) is 21.3 Å².